The van der Waals surface area contributed by atoms with Gasteiger partial charge in [0.25, 0.3) is 0 Å². The molecule has 1 heterocycles. The summed E-state index contributed by atoms with van der Waals surface area (Å²) in [5.74, 6) is 0.286. The first kappa shape index (κ1) is 18.0. The smallest absolute Gasteiger partial charge is 0.306 e. The van der Waals surface area contributed by atoms with Crippen molar-refractivity contribution < 1.29 is 14.4 Å². The van der Waals surface area contributed by atoms with Crippen LogP contribution < -0.4 is 4.90 Å². The first-order chi connectivity index (χ1) is 10.9. The Kier molecular flexibility index (Phi) is 5.85. The molecule has 1 unspecified atom stereocenters. The molecule has 1 aromatic rings. The average molecular weight is 318 g/mol. The number of quaternary nitrogens is 1. The predicted molar refractivity (Wildman–Crippen MR) is 93.6 cm³/mol. The van der Waals surface area contributed by atoms with Gasteiger partial charge in [0.15, 0.2) is 0 Å². The lowest BCUT2D eigenvalue weighted by Gasteiger charge is -2.46. The number of benzene rings is 1. The molecule has 1 aromatic carbocycles. The van der Waals surface area contributed by atoms with Gasteiger partial charge in [0.05, 0.1) is 19.6 Å². The summed E-state index contributed by atoms with van der Waals surface area (Å²) in [4.78, 5) is 13.6. The van der Waals surface area contributed by atoms with E-state index in [1.165, 1.54) is 16.0 Å². The van der Waals surface area contributed by atoms with Crippen molar-refractivity contribution in [3.63, 3.8) is 0 Å². The molecule has 23 heavy (non-hydrogen) atoms. The molecule has 1 fully saturated rings. The number of piperidine rings is 1. The second-order valence-corrected chi connectivity index (χ2v) is 7.30. The Morgan fingerprint density at radius 3 is 2.39 bits per heavy atom. The summed E-state index contributed by atoms with van der Waals surface area (Å²) in [5.41, 5.74) is 2.26. The number of esters is 1. The fourth-order valence-corrected chi connectivity index (χ4v) is 3.73. The van der Waals surface area contributed by atoms with Crippen LogP contribution in [0.15, 0.2) is 24.3 Å². The number of likely N-dealkylation sites (tertiary alicyclic amines) is 1. The maximum Gasteiger partial charge on any atom is 0.306 e. The van der Waals surface area contributed by atoms with Crippen molar-refractivity contribution in [1.29, 1.82) is 0 Å². The highest BCUT2D eigenvalue weighted by Crippen LogP contribution is 2.33. The van der Waals surface area contributed by atoms with Gasteiger partial charge in [-0.1, -0.05) is 45.0 Å². The van der Waals surface area contributed by atoms with Crippen LogP contribution in [0.1, 0.15) is 51.7 Å². The van der Waals surface area contributed by atoms with Crippen LogP contribution in [0.3, 0.4) is 0 Å². The largest absolute Gasteiger partial charge is 0.458 e. The van der Waals surface area contributed by atoms with Crippen molar-refractivity contribution in [2.45, 2.75) is 65.0 Å². The van der Waals surface area contributed by atoms with Crippen molar-refractivity contribution in [3.8, 4) is 0 Å². The van der Waals surface area contributed by atoms with Gasteiger partial charge in [0.1, 0.15) is 5.60 Å². The van der Waals surface area contributed by atoms with Crippen molar-refractivity contribution in [1.82, 2.24) is 0 Å². The summed E-state index contributed by atoms with van der Waals surface area (Å²) < 4.78 is 6.07. The summed E-state index contributed by atoms with van der Waals surface area (Å²) in [6, 6.07) is 9.29. The first-order valence-corrected chi connectivity index (χ1v) is 9.02. The van der Waals surface area contributed by atoms with Gasteiger partial charge in [0, 0.05) is 25.2 Å². The number of carbonyl (C=O) groups is 1. The highest BCUT2D eigenvalue weighted by atomic mass is 16.6. The van der Waals surface area contributed by atoms with Gasteiger partial charge >= 0.3 is 5.97 Å². The molecule has 0 saturated carbocycles. The number of ether oxygens (including phenoxy) is 1. The van der Waals surface area contributed by atoms with Crippen LogP contribution in [-0.4, -0.2) is 31.2 Å². The second kappa shape index (κ2) is 7.48. The topological polar surface area (TPSA) is 30.7 Å². The molecule has 1 aliphatic heterocycles. The molecule has 3 nitrogen and oxygen atoms in total. The van der Waals surface area contributed by atoms with Gasteiger partial charge in [0.2, 0.25) is 0 Å². The minimum absolute atomic E-state index is 0.0752. The quantitative estimate of drug-likeness (QED) is 0.845. The van der Waals surface area contributed by atoms with Gasteiger partial charge in [-0.15, -0.1) is 0 Å². The molecule has 0 aliphatic carbocycles. The van der Waals surface area contributed by atoms with Gasteiger partial charge < -0.3 is 9.64 Å². The predicted octanol–water partition coefficient (Wildman–Crippen LogP) is 2.43. The Morgan fingerprint density at radius 1 is 1.22 bits per heavy atom. The van der Waals surface area contributed by atoms with Crippen LogP contribution in [0.5, 0.6) is 0 Å². The Labute approximate surface area is 141 Å². The lowest BCUT2D eigenvalue weighted by Crippen LogP contribution is -3.15. The zero-order chi connectivity index (χ0) is 17.0. The third kappa shape index (κ3) is 4.14. The van der Waals surface area contributed by atoms with E-state index in [0.29, 0.717) is 18.4 Å². The van der Waals surface area contributed by atoms with E-state index in [0.717, 1.165) is 25.8 Å². The Balaban J connectivity index is 2.27. The van der Waals surface area contributed by atoms with E-state index in [9.17, 15) is 4.79 Å². The van der Waals surface area contributed by atoms with E-state index in [1.807, 2.05) is 6.92 Å². The molecule has 1 saturated heterocycles. The first-order valence-electron chi connectivity index (χ1n) is 9.02. The van der Waals surface area contributed by atoms with Crippen molar-refractivity contribution in [2.24, 2.45) is 5.92 Å². The molecule has 1 aliphatic rings. The zero-order valence-electron chi connectivity index (χ0n) is 15.3. The Hall–Kier alpha value is -1.35. The molecular formula is C20H32NO2+. The Bertz CT molecular complexity index is 525. The third-order valence-electron chi connectivity index (χ3n) is 5.56. The van der Waals surface area contributed by atoms with Crippen LogP contribution in [0, 0.1) is 5.92 Å². The minimum Gasteiger partial charge on any atom is -0.458 e. The lowest BCUT2D eigenvalue weighted by atomic mass is 9.75. The average Bonchev–Trinajstić information content (AvgIpc) is 2.53. The fraction of sp³-hybridized carbons (Fsp3) is 0.650. The van der Waals surface area contributed by atoms with Crippen LogP contribution in [-0.2, 0) is 22.4 Å². The third-order valence-corrected chi connectivity index (χ3v) is 5.56. The normalized spacial score (nSPS) is 30.9. The minimum atomic E-state index is -0.361. The van der Waals surface area contributed by atoms with Crippen molar-refractivity contribution in [3.05, 3.63) is 35.4 Å². The van der Waals surface area contributed by atoms with Gasteiger partial charge in [-0.25, -0.2) is 0 Å². The van der Waals surface area contributed by atoms with Crippen LogP contribution in [0.4, 0.5) is 0 Å². The monoisotopic (exact) mass is 318 g/mol. The van der Waals surface area contributed by atoms with Crippen LogP contribution >= 0.6 is 0 Å². The van der Waals surface area contributed by atoms with Crippen LogP contribution in [0.25, 0.3) is 0 Å². The van der Waals surface area contributed by atoms with Gasteiger partial charge in [-0.2, -0.15) is 0 Å². The SMILES string of the molecule is CCC(=O)O[C@]1(Cc2ccc(CC)cc2)C[C@H](C)[NH+](C)C[C@@H]1C. The molecule has 0 bridgehead atoms. The van der Waals surface area contributed by atoms with E-state index in [1.54, 1.807) is 0 Å². The molecule has 0 radical (unpaired) electrons. The van der Waals surface area contributed by atoms with Crippen molar-refractivity contribution >= 4 is 5.97 Å². The standard InChI is InChI=1S/C20H31NO2/c1-6-17-8-10-18(11-9-17)13-20(23-19(22)7-2)12-16(4)21(5)14-15(20)3/h8-11,15-16H,6-7,12-14H2,1-5H3/p+1/t15-,16-,20-/m0/s1. The van der Waals surface area contributed by atoms with Gasteiger partial charge in [-0.05, 0) is 24.5 Å². The number of hydrogen-bond acceptors (Lipinski definition) is 2. The summed E-state index contributed by atoms with van der Waals surface area (Å²) in [6.07, 6.45) is 3.25. The molecule has 0 spiro atoms. The number of aryl methyl sites for hydroxylation is 1. The number of nitrogens with one attached hydrogen (secondary N) is 1. The van der Waals surface area contributed by atoms with E-state index in [4.69, 9.17) is 4.74 Å². The summed E-state index contributed by atoms with van der Waals surface area (Å²) in [5, 5.41) is 0. The van der Waals surface area contributed by atoms with E-state index >= 15 is 0 Å². The zero-order valence-corrected chi connectivity index (χ0v) is 15.3. The summed E-state index contributed by atoms with van der Waals surface area (Å²) >= 11 is 0. The number of carbonyl (C=O) groups excluding carboxylic acids is 1. The van der Waals surface area contributed by atoms with E-state index in [-0.39, 0.29) is 11.6 Å². The molecule has 2 rings (SSSR count). The number of rotatable bonds is 5. The number of hydrogen-bond donors (Lipinski definition) is 1. The van der Waals surface area contributed by atoms with E-state index in [2.05, 4.69) is 52.1 Å². The maximum atomic E-state index is 12.1. The lowest BCUT2D eigenvalue weighted by molar-refractivity contribution is -0.915. The van der Waals surface area contributed by atoms with E-state index < -0.39 is 0 Å². The summed E-state index contributed by atoms with van der Waals surface area (Å²) in [6.45, 7) is 9.59. The second-order valence-electron chi connectivity index (χ2n) is 7.30. The molecule has 0 amide bonds. The highest BCUT2D eigenvalue weighted by molar-refractivity contribution is 5.69. The fourth-order valence-electron chi connectivity index (χ4n) is 3.73. The van der Waals surface area contributed by atoms with Crippen molar-refractivity contribution in [2.75, 3.05) is 13.6 Å². The molecule has 1 N–H and O–H groups in total. The molecule has 4 atom stereocenters. The molecule has 128 valence electrons. The van der Waals surface area contributed by atoms with Crippen LogP contribution in [0.2, 0.25) is 0 Å². The highest BCUT2D eigenvalue weighted by Gasteiger charge is 2.48. The molecule has 0 aromatic heterocycles. The molecule has 3 heteroatoms. The summed E-state index contributed by atoms with van der Waals surface area (Å²) in [7, 11) is 2.24. The molecular weight excluding hydrogens is 286 g/mol. The maximum absolute atomic E-state index is 12.1. The Morgan fingerprint density at radius 2 is 1.83 bits per heavy atom. The van der Waals surface area contributed by atoms with Gasteiger partial charge in [-0.3, -0.25) is 4.79 Å².